The molecule has 0 saturated carbocycles. The van der Waals surface area contributed by atoms with E-state index >= 15 is 0 Å². The zero-order valence-corrected chi connectivity index (χ0v) is 15.2. The van der Waals surface area contributed by atoms with Crippen molar-refractivity contribution in [3.8, 4) is 22.8 Å². The van der Waals surface area contributed by atoms with Gasteiger partial charge in [-0.25, -0.2) is 0 Å². The summed E-state index contributed by atoms with van der Waals surface area (Å²) in [7, 11) is 0. The fourth-order valence-electron chi connectivity index (χ4n) is 2.89. The smallest absolute Gasteiger partial charge is 0.387 e. The number of rotatable bonds is 5. The molecule has 1 aliphatic heterocycles. The van der Waals surface area contributed by atoms with Crippen molar-refractivity contribution in [3.05, 3.63) is 29.8 Å². The number of phenolic OH excluding ortho intramolecular Hbond substituents is 1. The molecule has 152 valence electrons. The van der Waals surface area contributed by atoms with Crippen LogP contribution in [0.15, 0.2) is 24.3 Å². The van der Waals surface area contributed by atoms with E-state index < -0.39 is 6.61 Å². The molecule has 1 unspecified atom stereocenters. The van der Waals surface area contributed by atoms with Gasteiger partial charge in [-0.15, -0.1) is 10.2 Å². The van der Waals surface area contributed by atoms with Crippen molar-refractivity contribution in [2.24, 2.45) is 0 Å². The van der Waals surface area contributed by atoms with Gasteiger partial charge in [0.2, 0.25) is 0 Å². The maximum absolute atomic E-state index is 12.2. The molecule has 3 rings (SSSR count). The molecule has 4 N–H and O–H groups in total. The van der Waals surface area contributed by atoms with E-state index in [9.17, 15) is 13.9 Å². The minimum Gasteiger partial charge on any atom is -0.507 e. The first-order valence-electron chi connectivity index (χ1n) is 8.62. The van der Waals surface area contributed by atoms with Crippen LogP contribution < -0.4 is 15.4 Å². The lowest BCUT2D eigenvalue weighted by Gasteiger charge is -2.24. The largest absolute Gasteiger partial charge is 0.507 e. The molecule has 1 aromatic carbocycles. The summed E-state index contributed by atoms with van der Waals surface area (Å²) in [6, 6.07) is 6.17. The highest BCUT2D eigenvalue weighted by Gasteiger charge is 2.16. The number of nitrogens with one attached hydrogen (secondary N) is 2. The van der Waals surface area contributed by atoms with Gasteiger partial charge in [0.25, 0.3) is 6.47 Å². The minimum atomic E-state index is -2.94. The Labute approximate surface area is 160 Å². The Morgan fingerprint density at radius 1 is 1.36 bits per heavy atom. The molecule has 2 heterocycles. The Bertz CT molecular complexity index is 786. The van der Waals surface area contributed by atoms with Crippen molar-refractivity contribution in [2.45, 2.75) is 32.4 Å². The zero-order valence-electron chi connectivity index (χ0n) is 15.2. The van der Waals surface area contributed by atoms with E-state index in [-0.39, 0.29) is 18.0 Å². The third-order valence-electron chi connectivity index (χ3n) is 4.08. The Morgan fingerprint density at radius 2 is 2.11 bits per heavy atom. The van der Waals surface area contributed by atoms with Crippen molar-refractivity contribution in [1.82, 2.24) is 15.5 Å². The summed E-state index contributed by atoms with van der Waals surface area (Å²) in [5.41, 5.74) is 1.73. The summed E-state index contributed by atoms with van der Waals surface area (Å²) in [5, 5.41) is 32.0. The summed E-state index contributed by atoms with van der Waals surface area (Å²) < 4.78 is 28.8. The molecular weight excluding hydrogens is 374 g/mol. The van der Waals surface area contributed by atoms with Crippen LogP contribution in [0.25, 0.3) is 11.3 Å². The summed E-state index contributed by atoms with van der Waals surface area (Å²) in [5.74, 6) is 0.379. The van der Waals surface area contributed by atoms with Crippen LogP contribution in [0.1, 0.15) is 18.4 Å². The zero-order chi connectivity index (χ0) is 20.5. The van der Waals surface area contributed by atoms with E-state index in [0.717, 1.165) is 37.6 Å². The van der Waals surface area contributed by atoms with E-state index in [1.807, 2.05) is 13.0 Å². The molecule has 0 amide bonds. The minimum absolute atomic E-state index is 0.107. The average molecular weight is 396 g/mol. The van der Waals surface area contributed by atoms with E-state index in [2.05, 4.69) is 25.6 Å². The van der Waals surface area contributed by atoms with Gasteiger partial charge in [0.05, 0.1) is 5.69 Å². The van der Waals surface area contributed by atoms with Gasteiger partial charge in [-0.3, -0.25) is 4.79 Å². The normalized spacial score (nSPS) is 16.1. The second-order valence-corrected chi connectivity index (χ2v) is 6.11. The second kappa shape index (κ2) is 10.4. The van der Waals surface area contributed by atoms with Crippen molar-refractivity contribution >= 4 is 12.3 Å². The summed E-state index contributed by atoms with van der Waals surface area (Å²) in [4.78, 5) is 8.36. The topological polar surface area (TPSA) is 117 Å². The molecule has 0 spiro atoms. The fourth-order valence-corrected chi connectivity index (χ4v) is 2.89. The molecular formula is C18H22F2N4O4. The number of anilines is 1. The Hall–Kier alpha value is -3.01. The molecule has 28 heavy (non-hydrogen) atoms. The number of carbonyl (C=O) groups is 1. The lowest BCUT2D eigenvalue weighted by molar-refractivity contribution is -0.122. The molecule has 0 radical (unpaired) electrons. The second-order valence-electron chi connectivity index (χ2n) is 6.11. The van der Waals surface area contributed by atoms with Crippen LogP contribution >= 0.6 is 0 Å². The summed E-state index contributed by atoms with van der Waals surface area (Å²) >= 11 is 0. The van der Waals surface area contributed by atoms with Crippen molar-refractivity contribution in [1.29, 1.82) is 0 Å². The lowest BCUT2D eigenvalue weighted by Crippen LogP contribution is -2.38. The summed E-state index contributed by atoms with van der Waals surface area (Å²) in [6.45, 7) is 0.588. The van der Waals surface area contributed by atoms with Crippen LogP contribution in [0.4, 0.5) is 14.6 Å². The predicted molar refractivity (Wildman–Crippen MR) is 98.7 cm³/mol. The Kier molecular flexibility index (Phi) is 7.88. The van der Waals surface area contributed by atoms with Gasteiger partial charge in [0.15, 0.2) is 0 Å². The van der Waals surface area contributed by atoms with E-state index in [1.165, 1.54) is 12.1 Å². The number of ether oxygens (including phenoxy) is 1. The average Bonchev–Trinajstić information content (AvgIpc) is 2.64. The number of aromatic hydroxyl groups is 1. The molecule has 10 heteroatoms. The number of benzene rings is 1. The number of alkyl halides is 2. The third-order valence-corrected chi connectivity index (χ3v) is 4.08. The Morgan fingerprint density at radius 3 is 2.68 bits per heavy atom. The van der Waals surface area contributed by atoms with Gasteiger partial charge in [-0.1, -0.05) is 0 Å². The summed E-state index contributed by atoms with van der Waals surface area (Å²) in [6.07, 6.45) is 2.19. The van der Waals surface area contributed by atoms with Gasteiger partial charge < -0.3 is 25.6 Å². The first-order chi connectivity index (χ1) is 13.4. The molecule has 1 atom stereocenters. The van der Waals surface area contributed by atoms with Crippen LogP contribution in [-0.4, -0.2) is 52.6 Å². The molecule has 8 nitrogen and oxygen atoms in total. The number of piperidine rings is 1. The first-order valence-corrected chi connectivity index (χ1v) is 8.62. The van der Waals surface area contributed by atoms with Gasteiger partial charge in [0.1, 0.15) is 17.3 Å². The molecule has 0 bridgehead atoms. The van der Waals surface area contributed by atoms with Gasteiger partial charge in [0, 0.05) is 24.2 Å². The maximum Gasteiger partial charge on any atom is 0.387 e. The van der Waals surface area contributed by atoms with Crippen LogP contribution in [0, 0.1) is 6.92 Å². The van der Waals surface area contributed by atoms with Crippen molar-refractivity contribution < 1.29 is 28.5 Å². The highest BCUT2D eigenvalue weighted by atomic mass is 19.3. The van der Waals surface area contributed by atoms with Crippen LogP contribution in [-0.2, 0) is 4.79 Å². The van der Waals surface area contributed by atoms with Crippen LogP contribution in [0.3, 0.4) is 0 Å². The van der Waals surface area contributed by atoms with Gasteiger partial charge in [-0.05, 0) is 50.1 Å². The molecule has 2 aromatic rings. The van der Waals surface area contributed by atoms with Crippen molar-refractivity contribution in [3.63, 3.8) is 0 Å². The van der Waals surface area contributed by atoms with Gasteiger partial charge in [-0.2, -0.15) is 8.78 Å². The number of nitrogens with zero attached hydrogens (tertiary/aromatic N) is 2. The maximum atomic E-state index is 12.2. The number of hydrogen-bond acceptors (Lipinski definition) is 7. The lowest BCUT2D eigenvalue weighted by atomic mass is 10.1. The SMILES string of the molecule is Cc1cc(NC2CCCNC2)nnc1-c1ccc(OC(F)F)cc1O.O=CO. The van der Waals surface area contributed by atoms with Crippen molar-refractivity contribution in [2.75, 3.05) is 18.4 Å². The van der Waals surface area contributed by atoms with Gasteiger partial charge >= 0.3 is 6.61 Å². The van der Waals surface area contributed by atoms with E-state index in [4.69, 9.17) is 9.90 Å². The molecule has 0 aliphatic carbocycles. The van der Waals surface area contributed by atoms with E-state index in [1.54, 1.807) is 0 Å². The standard InChI is InChI=1S/C17H20F2N4O2.CH2O2/c1-10-7-15(21-11-3-2-6-20-9-11)22-23-16(10)13-5-4-12(8-14(13)24)25-17(18)19;2-1-3/h4-5,7-8,11,17,20,24H,2-3,6,9H2,1H3,(H,21,22);1H,(H,2,3). The Balaban J connectivity index is 0.000000878. The molecule has 1 aromatic heterocycles. The number of hydrogen-bond donors (Lipinski definition) is 4. The van der Waals surface area contributed by atoms with E-state index in [0.29, 0.717) is 23.1 Å². The predicted octanol–water partition coefficient (Wildman–Crippen LogP) is 2.62. The number of phenols is 1. The number of carboxylic acid groups (broad SMARTS) is 1. The van der Waals surface area contributed by atoms with Crippen LogP contribution in [0.5, 0.6) is 11.5 Å². The fraction of sp³-hybridized carbons (Fsp3) is 0.389. The highest BCUT2D eigenvalue weighted by molar-refractivity contribution is 5.71. The molecule has 1 saturated heterocycles. The number of halogens is 2. The highest BCUT2D eigenvalue weighted by Crippen LogP contribution is 2.33. The third kappa shape index (κ3) is 6.02. The number of aromatic nitrogens is 2. The quantitative estimate of drug-likeness (QED) is 0.570. The van der Waals surface area contributed by atoms with Crippen LogP contribution in [0.2, 0.25) is 0 Å². The first kappa shape index (κ1) is 21.3. The number of aryl methyl sites for hydroxylation is 1. The molecule has 1 fully saturated rings. The monoisotopic (exact) mass is 396 g/mol. The molecule has 1 aliphatic rings.